The van der Waals surface area contributed by atoms with Crippen LogP contribution in [0.2, 0.25) is 0 Å². The molecule has 1 amide bonds. The lowest BCUT2D eigenvalue weighted by atomic mass is 10.2. The molecule has 8 nitrogen and oxygen atoms in total. The van der Waals surface area contributed by atoms with Gasteiger partial charge in [0.2, 0.25) is 0 Å². The van der Waals surface area contributed by atoms with E-state index in [-0.39, 0.29) is 5.91 Å². The number of hydrogen-bond donors (Lipinski definition) is 1. The summed E-state index contributed by atoms with van der Waals surface area (Å²) in [5.41, 5.74) is 4.16. The van der Waals surface area contributed by atoms with Gasteiger partial charge in [-0.3, -0.25) is 9.48 Å². The summed E-state index contributed by atoms with van der Waals surface area (Å²) in [5.74, 6) is 0.533. The lowest BCUT2D eigenvalue weighted by molar-refractivity contribution is 0.102. The smallest absolute Gasteiger partial charge is 0.261 e. The first-order chi connectivity index (χ1) is 13.0. The number of amides is 1. The van der Waals surface area contributed by atoms with Crippen molar-refractivity contribution in [3.63, 3.8) is 0 Å². The van der Waals surface area contributed by atoms with Crippen molar-refractivity contribution in [2.45, 2.75) is 13.8 Å². The van der Waals surface area contributed by atoms with Gasteiger partial charge in [0.15, 0.2) is 0 Å². The maximum absolute atomic E-state index is 12.9. The number of anilines is 1. The number of aromatic nitrogens is 6. The lowest BCUT2D eigenvalue weighted by Gasteiger charge is -2.12. The summed E-state index contributed by atoms with van der Waals surface area (Å²) in [6.07, 6.45) is 4.69. The van der Waals surface area contributed by atoms with Gasteiger partial charge in [-0.1, -0.05) is 0 Å². The fourth-order valence-corrected chi connectivity index (χ4v) is 3.10. The molecule has 4 rings (SSSR count). The van der Waals surface area contributed by atoms with Crippen LogP contribution in [0.3, 0.4) is 0 Å². The average molecular weight is 361 g/mol. The third-order valence-electron chi connectivity index (χ3n) is 4.44. The minimum atomic E-state index is -0.209. The standard InChI is InChI=1S/C19H19N7O/c1-13-4-5-14(2)26(13)19-17(10-21-24(19)3)18(27)23-15-6-8-16(9-7-15)25-12-20-11-22-25/h4-12H,1-3H3,(H,23,27). The summed E-state index contributed by atoms with van der Waals surface area (Å²) in [6, 6.07) is 11.4. The van der Waals surface area contributed by atoms with Crippen molar-refractivity contribution in [2.24, 2.45) is 7.05 Å². The first kappa shape index (κ1) is 16.8. The molecule has 0 radical (unpaired) electrons. The number of nitrogens with one attached hydrogen (secondary N) is 1. The zero-order chi connectivity index (χ0) is 19.0. The molecule has 0 aliphatic carbocycles. The zero-order valence-electron chi connectivity index (χ0n) is 15.3. The van der Waals surface area contributed by atoms with Crippen LogP contribution in [0.4, 0.5) is 5.69 Å². The predicted molar refractivity (Wildman–Crippen MR) is 101 cm³/mol. The van der Waals surface area contributed by atoms with Crippen LogP contribution in [0.5, 0.6) is 0 Å². The van der Waals surface area contributed by atoms with Crippen LogP contribution in [0.15, 0.2) is 55.2 Å². The molecule has 0 saturated carbocycles. The second-order valence-corrected chi connectivity index (χ2v) is 6.30. The Morgan fingerprint density at radius 1 is 1.00 bits per heavy atom. The molecule has 27 heavy (non-hydrogen) atoms. The maximum Gasteiger partial charge on any atom is 0.261 e. The Morgan fingerprint density at radius 2 is 1.70 bits per heavy atom. The minimum absolute atomic E-state index is 0.209. The minimum Gasteiger partial charge on any atom is -0.322 e. The van der Waals surface area contributed by atoms with Crippen LogP contribution in [-0.4, -0.2) is 35.0 Å². The van der Waals surface area contributed by atoms with E-state index in [2.05, 4.69) is 20.5 Å². The van der Waals surface area contributed by atoms with Crippen molar-refractivity contribution in [2.75, 3.05) is 5.32 Å². The first-order valence-electron chi connectivity index (χ1n) is 8.48. The highest BCUT2D eigenvalue weighted by molar-refractivity contribution is 6.06. The molecular formula is C19H19N7O. The van der Waals surface area contributed by atoms with Crippen LogP contribution in [0.1, 0.15) is 21.7 Å². The van der Waals surface area contributed by atoms with E-state index in [1.165, 1.54) is 6.33 Å². The van der Waals surface area contributed by atoms with Gasteiger partial charge in [0, 0.05) is 24.1 Å². The molecule has 0 atom stereocenters. The molecule has 0 saturated heterocycles. The maximum atomic E-state index is 12.9. The van der Waals surface area contributed by atoms with Gasteiger partial charge in [0.05, 0.1) is 11.9 Å². The largest absolute Gasteiger partial charge is 0.322 e. The van der Waals surface area contributed by atoms with Crippen LogP contribution in [0, 0.1) is 13.8 Å². The number of aryl methyl sites for hydroxylation is 3. The fraction of sp³-hybridized carbons (Fsp3) is 0.158. The van der Waals surface area contributed by atoms with Gasteiger partial charge in [-0.2, -0.15) is 10.2 Å². The molecule has 4 aromatic rings. The number of hydrogen-bond acceptors (Lipinski definition) is 4. The number of benzene rings is 1. The van der Waals surface area contributed by atoms with Crippen LogP contribution < -0.4 is 5.32 Å². The highest BCUT2D eigenvalue weighted by atomic mass is 16.1. The van der Waals surface area contributed by atoms with Gasteiger partial charge >= 0.3 is 0 Å². The summed E-state index contributed by atoms with van der Waals surface area (Å²) >= 11 is 0. The normalized spacial score (nSPS) is 10.9. The molecule has 3 aromatic heterocycles. The summed E-state index contributed by atoms with van der Waals surface area (Å²) in [4.78, 5) is 16.8. The van der Waals surface area contributed by atoms with Crippen molar-refractivity contribution >= 4 is 11.6 Å². The van der Waals surface area contributed by atoms with E-state index in [4.69, 9.17) is 0 Å². The zero-order valence-corrected chi connectivity index (χ0v) is 15.3. The Hall–Kier alpha value is -3.68. The van der Waals surface area contributed by atoms with Crippen molar-refractivity contribution < 1.29 is 4.79 Å². The van der Waals surface area contributed by atoms with Gasteiger partial charge in [-0.05, 0) is 50.2 Å². The van der Waals surface area contributed by atoms with Crippen LogP contribution in [0.25, 0.3) is 11.5 Å². The summed E-state index contributed by atoms with van der Waals surface area (Å²) in [7, 11) is 1.83. The highest BCUT2D eigenvalue weighted by Crippen LogP contribution is 2.21. The molecule has 0 aliphatic heterocycles. The molecule has 0 unspecified atom stereocenters. The molecule has 3 heterocycles. The molecule has 1 aromatic carbocycles. The monoisotopic (exact) mass is 361 g/mol. The van der Waals surface area contributed by atoms with E-state index in [0.29, 0.717) is 11.3 Å². The van der Waals surface area contributed by atoms with E-state index in [9.17, 15) is 4.79 Å². The third-order valence-corrected chi connectivity index (χ3v) is 4.44. The highest BCUT2D eigenvalue weighted by Gasteiger charge is 2.20. The molecule has 136 valence electrons. The molecule has 0 spiro atoms. The van der Waals surface area contributed by atoms with Gasteiger partial charge < -0.3 is 9.88 Å². The molecule has 1 N–H and O–H groups in total. The average Bonchev–Trinajstić information content (AvgIpc) is 3.38. The summed E-state index contributed by atoms with van der Waals surface area (Å²) in [5, 5.41) is 11.3. The third kappa shape index (κ3) is 3.01. The van der Waals surface area contributed by atoms with Crippen molar-refractivity contribution in [3.05, 3.63) is 72.2 Å². The second-order valence-electron chi connectivity index (χ2n) is 6.30. The molecule has 0 aliphatic rings. The van der Waals surface area contributed by atoms with E-state index in [0.717, 1.165) is 22.9 Å². The van der Waals surface area contributed by atoms with E-state index in [1.54, 1.807) is 21.9 Å². The SMILES string of the molecule is Cc1ccc(C)n1-c1c(C(=O)Nc2ccc(-n3cncn3)cc2)cnn1C. The Balaban J connectivity index is 1.61. The van der Waals surface area contributed by atoms with Crippen molar-refractivity contribution in [1.82, 2.24) is 29.1 Å². The Morgan fingerprint density at radius 3 is 2.33 bits per heavy atom. The molecule has 0 fully saturated rings. The van der Waals surface area contributed by atoms with E-state index >= 15 is 0 Å². The number of carbonyl (C=O) groups excluding carboxylic acids is 1. The number of rotatable bonds is 4. The van der Waals surface area contributed by atoms with E-state index < -0.39 is 0 Å². The molecule has 8 heteroatoms. The quantitative estimate of drug-likeness (QED) is 0.606. The van der Waals surface area contributed by atoms with Gasteiger partial charge in [-0.25, -0.2) is 9.67 Å². The van der Waals surface area contributed by atoms with Gasteiger partial charge in [0.25, 0.3) is 5.91 Å². The summed E-state index contributed by atoms with van der Waals surface area (Å²) in [6.45, 7) is 4.01. The second kappa shape index (κ2) is 6.56. The Kier molecular flexibility index (Phi) is 4.08. The van der Waals surface area contributed by atoms with Crippen LogP contribution >= 0.6 is 0 Å². The Bertz CT molecular complexity index is 1070. The van der Waals surface area contributed by atoms with Gasteiger partial charge in [0.1, 0.15) is 24.0 Å². The molecular weight excluding hydrogens is 342 g/mol. The lowest BCUT2D eigenvalue weighted by Crippen LogP contribution is -2.16. The number of carbonyl (C=O) groups is 1. The van der Waals surface area contributed by atoms with Gasteiger partial charge in [-0.15, -0.1) is 0 Å². The molecule has 0 bridgehead atoms. The number of nitrogens with zero attached hydrogens (tertiary/aromatic N) is 6. The first-order valence-corrected chi connectivity index (χ1v) is 8.48. The topological polar surface area (TPSA) is 82.6 Å². The predicted octanol–water partition coefficient (Wildman–Crippen LogP) is 2.66. The summed E-state index contributed by atoms with van der Waals surface area (Å²) < 4.78 is 5.39. The Labute approximate surface area is 156 Å². The van der Waals surface area contributed by atoms with Crippen LogP contribution in [-0.2, 0) is 7.05 Å². The van der Waals surface area contributed by atoms with Crippen molar-refractivity contribution in [1.29, 1.82) is 0 Å². The van der Waals surface area contributed by atoms with Crippen molar-refractivity contribution in [3.8, 4) is 11.5 Å². The fourth-order valence-electron chi connectivity index (χ4n) is 3.10. The van der Waals surface area contributed by atoms with E-state index in [1.807, 2.05) is 61.9 Å².